The van der Waals surface area contributed by atoms with Crippen LogP contribution >= 0.6 is 11.8 Å². The van der Waals surface area contributed by atoms with E-state index in [4.69, 9.17) is 0 Å². The number of rotatable bonds is 6. The van der Waals surface area contributed by atoms with E-state index in [1.165, 1.54) is 25.0 Å². The number of aromatic nitrogens is 3. The van der Waals surface area contributed by atoms with Crippen LogP contribution < -0.4 is 10.6 Å². The molecule has 0 radical (unpaired) electrons. The summed E-state index contributed by atoms with van der Waals surface area (Å²) in [5.41, 5.74) is -2.30. The number of pyridine rings is 1. The molecular weight excluding hydrogens is 411 g/mol. The minimum Gasteiger partial charge on any atom is -0.351 e. The van der Waals surface area contributed by atoms with Gasteiger partial charge in [0.2, 0.25) is 5.95 Å². The molecule has 1 saturated carbocycles. The average Bonchev–Trinajstić information content (AvgIpc) is 3.20. The predicted molar refractivity (Wildman–Crippen MR) is 113 cm³/mol. The quantitative estimate of drug-likeness (QED) is 0.450. The number of hydrogen-bond acceptors (Lipinski definition) is 6. The van der Waals surface area contributed by atoms with Gasteiger partial charge in [0.1, 0.15) is 5.82 Å². The fourth-order valence-corrected chi connectivity index (χ4v) is 4.01. The van der Waals surface area contributed by atoms with E-state index in [1.807, 2.05) is 12.1 Å². The molecule has 1 aliphatic carbocycles. The molecule has 0 aliphatic heterocycles. The van der Waals surface area contributed by atoms with E-state index >= 15 is 0 Å². The molecule has 156 valence electrons. The van der Waals surface area contributed by atoms with Crippen LogP contribution in [-0.2, 0) is 0 Å². The maximum absolute atomic E-state index is 12.7. The Hall–Kier alpha value is -2.81. The highest BCUT2D eigenvalue weighted by atomic mass is 32.2. The molecule has 2 N–H and O–H groups in total. The molecule has 9 heteroatoms. The van der Waals surface area contributed by atoms with Crippen molar-refractivity contribution < 1.29 is 13.2 Å². The highest BCUT2D eigenvalue weighted by molar-refractivity contribution is 8.00. The number of benzene rings is 1. The first-order valence-electron chi connectivity index (χ1n) is 9.63. The summed E-state index contributed by atoms with van der Waals surface area (Å²) < 4.78 is 38.1. The van der Waals surface area contributed by atoms with Crippen molar-refractivity contribution in [3.05, 3.63) is 54.9 Å². The van der Waals surface area contributed by atoms with Gasteiger partial charge in [-0.15, -0.1) is 0 Å². The summed E-state index contributed by atoms with van der Waals surface area (Å²) in [7, 11) is 0. The van der Waals surface area contributed by atoms with Crippen molar-refractivity contribution in [2.45, 2.75) is 42.1 Å². The summed E-state index contributed by atoms with van der Waals surface area (Å²) in [6.07, 6.45) is 7.89. The Morgan fingerprint density at radius 1 is 1.00 bits per heavy atom. The standard InChI is InChI=1S/C21H20F3N5S/c22-21(23,24)30-17-9-3-8-16(11-17)26-19-12-18(14-5-4-10-25-13-14)28-20(29-19)27-15-6-1-2-7-15/h3-5,8-13,15H,1-2,6-7H2,(H2,26,27,28,29). The summed E-state index contributed by atoms with van der Waals surface area (Å²) in [5, 5.41) is 6.50. The van der Waals surface area contributed by atoms with Crippen molar-refractivity contribution in [2.75, 3.05) is 10.6 Å². The highest BCUT2D eigenvalue weighted by Crippen LogP contribution is 2.38. The van der Waals surface area contributed by atoms with Crippen LogP contribution in [0.1, 0.15) is 25.7 Å². The van der Waals surface area contributed by atoms with Crippen LogP contribution in [0, 0.1) is 0 Å². The Bertz CT molecular complexity index is 991. The predicted octanol–water partition coefficient (Wildman–Crippen LogP) is 6.25. The monoisotopic (exact) mass is 431 g/mol. The normalized spacial score (nSPS) is 14.6. The number of nitrogens with one attached hydrogen (secondary N) is 2. The molecule has 5 nitrogen and oxygen atoms in total. The molecule has 30 heavy (non-hydrogen) atoms. The van der Waals surface area contributed by atoms with Gasteiger partial charge in [0.15, 0.2) is 0 Å². The van der Waals surface area contributed by atoms with E-state index in [-0.39, 0.29) is 16.7 Å². The van der Waals surface area contributed by atoms with Crippen LogP contribution in [-0.4, -0.2) is 26.5 Å². The van der Waals surface area contributed by atoms with Crippen LogP contribution in [0.15, 0.2) is 59.8 Å². The van der Waals surface area contributed by atoms with Gasteiger partial charge < -0.3 is 10.6 Å². The summed E-state index contributed by atoms with van der Waals surface area (Å²) in [5.74, 6) is 0.991. The van der Waals surface area contributed by atoms with Crippen LogP contribution in [0.4, 0.5) is 30.6 Å². The SMILES string of the molecule is FC(F)(F)Sc1cccc(Nc2cc(-c3cccnc3)nc(NC3CCCC3)n2)c1. The second-order valence-electron chi connectivity index (χ2n) is 7.03. The lowest BCUT2D eigenvalue weighted by Gasteiger charge is -2.15. The van der Waals surface area contributed by atoms with Crippen LogP contribution in [0.25, 0.3) is 11.3 Å². The second-order valence-corrected chi connectivity index (χ2v) is 8.17. The third kappa shape index (κ3) is 5.63. The van der Waals surface area contributed by atoms with Crippen molar-refractivity contribution in [2.24, 2.45) is 0 Å². The third-order valence-corrected chi connectivity index (χ3v) is 5.43. The molecule has 4 rings (SSSR count). The molecular formula is C21H20F3N5S. The molecule has 1 aliphatic rings. The zero-order valence-corrected chi connectivity index (χ0v) is 16.8. The molecule has 1 aromatic carbocycles. The summed E-state index contributed by atoms with van der Waals surface area (Å²) in [6.45, 7) is 0. The summed E-state index contributed by atoms with van der Waals surface area (Å²) in [4.78, 5) is 13.4. The number of hydrogen-bond donors (Lipinski definition) is 2. The molecule has 1 fully saturated rings. The van der Waals surface area contributed by atoms with Gasteiger partial charge in [-0.05, 0) is 54.9 Å². The minimum atomic E-state index is -4.33. The topological polar surface area (TPSA) is 62.7 Å². The average molecular weight is 431 g/mol. The van der Waals surface area contributed by atoms with Gasteiger partial charge in [-0.25, -0.2) is 4.98 Å². The van der Waals surface area contributed by atoms with E-state index in [0.717, 1.165) is 18.4 Å². The third-order valence-electron chi connectivity index (χ3n) is 4.71. The number of thioether (sulfide) groups is 1. The molecule has 0 spiro atoms. The zero-order valence-electron chi connectivity index (χ0n) is 16.0. The lowest BCUT2D eigenvalue weighted by Crippen LogP contribution is -2.17. The lowest BCUT2D eigenvalue weighted by atomic mass is 10.2. The van der Waals surface area contributed by atoms with Crippen molar-refractivity contribution >= 4 is 29.2 Å². The van der Waals surface area contributed by atoms with E-state index in [0.29, 0.717) is 29.2 Å². The summed E-state index contributed by atoms with van der Waals surface area (Å²) >= 11 is -0.143. The van der Waals surface area contributed by atoms with Crippen LogP contribution in [0.5, 0.6) is 0 Å². The minimum absolute atomic E-state index is 0.110. The molecule has 0 saturated heterocycles. The molecule has 2 heterocycles. The Labute approximate surface area is 176 Å². The maximum atomic E-state index is 12.7. The van der Waals surface area contributed by atoms with Crippen LogP contribution in [0.2, 0.25) is 0 Å². The fraction of sp³-hybridized carbons (Fsp3) is 0.286. The zero-order chi connectivity index (χ0) is 21.0. The summed E-state index contributed by atoms with van der Waals surface area (Å²) in [6, 6.07) is 12.0. The Morgan fingerprint density at radius 2 is 1.83 bits per heavy atom. The molecule has 3 aromatic rings. The van der Waals surface area contributed by atoms with Crippen molar-refractivity contribution in [1.29, 1.82) is 0 Å². The van der Waals surface area contributed by atoms with Gasteiger partial charge in [-0.3, -0.25) is 4.98 Å². The van der Waals surface area contributed by atoms with Crippen molar-refractivity contribution in [3.63, 3.8) is 0 Å². The van der Waals surface area contributed by atoms with Gasteiger partial charge in [0.25, 0.3) is 0 Å². The number of alkyl halides is 3. The first kappa shape index (κ1) is 20.5. The van der Waals surface area contributed by atoms with Gasteiger partial charge >= 0.3 is 5.51 Å². The van der Waals surface area contributed by atoms with Crippen LogP contribution in [0.3, 0.4) is 0 Å². The van der Waals surface area contributed by atoms with Crippen molar-refractivity contribution in [1.82, 2.24) is 15.0 Å². The number of anilines is 3. The van der Waals surface area contributed by atoms with Gasteiger partial charge in [-0.2, -0.15) is 18.2 Å². The van der Waals surface area contributed by atoms with E-state index in [2.05, 4.69) is 25.6 Å². The lowest BCUT2D eigenvalue weighted by molar-refractivity contribution is -0.0328. The highest BCUT2D eigenvalue weighted by Gasteiger charge is 2.29. The van der Waals surface area contributed by atoms with E-state index in [1.54, 1.807) is 30.6 Å². The molecule has 0 atom stereocenters. The largest absolute Gasteiger partial charge is 0.446 e. The molecule has 2 aromatic heterocycles. The Balaban J connectivity index is 1.62. The van der Waals surface area contributed by atoms with Crippen molar-refractivity contribution in [3.8, 4) is 11.3 Å². The van der Waals surface area contributed by atoms with E-state index in [9.17, 15) is 13.2 Å². The Morgan fingerprint density at radius 3 is 2.57 bits per heavy atom. The molecule has 0 unspecified atom stereocenters. The van der Waals surface area contributed by atoms with Gasteiger partial charge in [0, 0.05) is 40.6 Å². The van der Waals surface area contributed by atoms with Gasteiger partial charge in [-0.1, -0.05) is 18.9 Å². The fourth-order valence-electron chi connectivity index (χ4n) is 3.41. The van der Waals surface area contributed by atoms with Gasteiger partial charge in [0.05, 0.1) is 5.69 Å². The first-order chi connectivity index (χ1) is 14.4. The smallest absolute Gasteiger partial charge is 0.351 e. The Kier molecular flexibility index (Phi) is 6.08. The number of nitrogens with zero attached hydrogens (tertiary/aromatic N) is 3. The maximum Gasteiger partial charge on any atom is 0.446 e. The first-order valence-corrected chi connectivity index (χ1v) is 10.5. The second kappa shape index (κ2) is 8.91. The van der Waals surface area contributed by atoms with E-state index < -0.39 is 5.51 Å². The molecule has 0 bridgehead atoms. The number of halogens is 3. The molecule has 0 amide bonds.